The van der Waals surface area contributed by atoms with E-state index in [2.05, 4.69) is 10.3 Å². The standard InChI is InChI=1S/C19H21N3O4/c1-11-16(13(3)23)12(2)20-17(11)18(24)21-15-6-4-14(5-7-15)10-22-8-9-26-19(22)25/h4-7,20H,8-10H2,1-3H3,(H,21,24). The second-order valence-corrected chi connectivity index (χ2v) is 6.37. The van der Waals surface area contributed by atoms with E-state index in [1.807, 2.05) is 12.1 Å². The van der Waals surface area contributed by atoms with Crippen molar-refractivity contribution in [3.8, 4) is 0 Å². The van der Waals surface area contributed by atoms with Gasteiger partial charge in [-0.15, -0.1) is 0 Å². The van der Waals surface area contributed by atoms with Crippen LogP contribution in [-0.2, 0) is 11.3 Å². The van der Waals surface area contributed by atoms with E-state index in [-0.39, 0.29) is 17.8 Å². The Balaban J connectivity index is 1.69. The number of Topliss-reactive ketones (excluding diaryl/α,β-unsaturated/α-hetero) is 1. The number of rotatable bonds is 5. The van der Waals surface area contributed by atoms with Crippen molar-refractivity contribution in [2.24, 2.45) is 0 Å². The Kier molecular flexibility index (Phi) is 4.79. The maximum atomic E-state index is 12.5. The zero-order valence-electron chi connectivity index (χ0n) is 15.0. The topological polar surface area (TPSA) is 91.5 Å². The predicted octanol–water partition coefficient (Wildman–Crippen LogP) is 3.04. The van der Waals surface area contributed by atoms with Gasteiger partial charge in [0.05, 0.1) is 6.54 Å². The van der Waals surface area contributed by atoms with E-state index in [1.54, 1.807) is 30.9 Å². The van der Waals surface area contributed by atoms with E-state index in [0.717, 1.165) is 5.56 Å². The highest BCUT2D eigenvalue weighted by molar-refractivity contribution is 6.07. The van der Waals surface area contributed by atoms with E-state index < -0.39 is 0 Å². The van der Waals surface area contributed by atoms with Crippen LogP contribution in [0.25, 0.3) is 0 Å². The Morgan fingerprint density at radius 2 is 1.92 bits per heavy atom. The van der Waals surface area contributed by atoms with Crippen LogP contribution in [-0.4, -0.2) is 40.8 Å². The second-order valence-electron chi connectivity index (χ2n) is 6.37. The lowest BCUT2D eigenvalue weighted by molar-refractivity contribution is 0.101. The summed E-state index contributed by atoms with van der Waals surface area (Å²) in [4.78, 5) is 40.3. The number of ketones is 1. The van der Waals surface area contributed by atoms with Crippen molar-refractivity contribution in [3.05, 3.63) is 52.3 Å². The number of hydrogen-bond donors (Lipinski definition) is 2. The molecule has 0 radical (unpaired) electrons. The lowest BCUT2D eigenvalue weighted by Gasteiger charge is -2.13. The number of ether oxygens (including phenoxy) is 1. The number of carbonyl (C=O) groups excluding carboxylic acids is 3. The number of nitrogens with zero attached hydrogens (tertiary/aromatic N) is 1. The van der Waals surface area contributed by atoms with Gasteiger partial charge in [-0.3, -0.25) is 9.59 Å². The minimum absolute atomic E-state index is 0.0694. The van der Waals surface area contributed by atoms with Crippen LogP contribution in [0.15, 0.2) is 24.3 Å². The third-order valence-electron chi connectivity index (χ3n) is 4.45. The van der Waals surface area contributed by atoms with Gasteiger partial charge in [-0.05, 0) is 44.0 Å². The van der Waals surface area contributed by atoms with Gasteiger partial charge in [0, 0.05) is 23.5 Å². The van der Waals surface area contributed by atoms with Crippen molar-refractivity contribution in [2.75, 3.05) is 18.5 Å². The van der Waals surface area contributed by atoms with Crippen molar-refractivity contribution < 1.29 is 19.1 Å². The van der Waals surface area contributed by atoms with E-state index in [1.165, 1.54) is 6.92 Å². The zero-order chi connectivity index (χ0) is 18.8. The largest absolute Gasteiger partial charge is 0.448 e. The van der Waals surface area contributed by atoms with E-state index >= 15 is 0 Å². The van der Waals surface area contributed by atoms with E-state index in [4.69, 9.17) is 4.74 Å². The number of amides is 2. The van der Waals surface area contributed by atoms with Crippen molar-refractivity contribution in [1.29, 1.82) is 0 Å². The van der Waals surface area contributed by atoms with Crippen molar-refractivity contribution in [1.82, 2.24) is 9.88 Å². The summed E-state index contributed by atoms with van der Waals surface area (Å²) in [5.74, 6) is -0.367. The average Bonchev–Trinajstić information content (AvgIpc) is 3.12. The minimum Gasteiger partial charge on any atom is -0.448 e. The normalized spacial score (nSPS) is 13.7. The number of aromatic nitrogens is 1. The molecule has 7 heteroatoms. The summed E-state index contributed by atoms with van der Waals surface area (Å²) in [5.41, 5.74) is 3.87. The van der Waals surface area contributed by atoms with Crippen molar-refractivity contribution in [2.45, 2.75) is 27.3 Å². The fraction of sp³-hybridized carbons (Fsp3) is 0.316. The molecule has 136 valence electrons. The molecular formula is C19H21N3O4. The van der Waals surface area contributed by atoms with Gasteiger partial charge in [0.1, 0.15) is 12.3 Å². The van der Waals surface area contributed by atoms with Gasteiger partial charge in [0.25, 0.3) is 5.91 Å². The molecule has 1 fully saturated rings. The maximum Gasteiger partial charge on any atom is 0.410 e. The molecule has 1 aliphatic heterocycles. The Hall–Kier alpha value is -3.09. The first kappa shape index (κ1) is 17.7. The van der Waals surface area contributed by atoms with Crippen LogP contribution >= 0.6 is 0 Å². The van der Waals surface area contributed by atoms with Crippen LogP contribution in [0.5, 0.6) is 0 Å². The van der Waals surface area contributed by atoms with Crippen molar-refractivity contribution in [3.63, 3.8) is 0 Å². The molecule has 0 spiro atoms. The smallest absolute Gasteiger partial charge is 0.410 e. The van der Waals surface area contributed by atoms with Gasteiger partial charge in [0.15, 0.2) is 5.78 Å². The molecule has 1 aromatic carbocycles. The van der Waals surface area contributed by atoms with Gasteiger partial charge < -0.3 is 19.9 Å². The second kappa shape index (κ2) is 7.03. The molecule has 2 amide bonds. The number of hydrogen-bond acceptors (Lipinski definition) is 4. The molecule has 0 saturated carbocycles. The minimum atomic E-state index is -0.304. The van der Waals surface area contributed by atoms with Crippen LogP contribution in [0, 0.1) is 13.8 Å². The van der Waals surface area contributed by atoms with E-state index in [0.29, 0.717) is 47.9 Å². The lowest BCUT2D eigenvalue weighted by Crippen LogP contribution is -2.23. The molecule has 0 atom stereocenters. The number of anilines is 1. The molecule has 26 heavy (non-hydrogen) atoms. The fourth-order valence-corrected chi connectivity index (χ4v) is 3.18. The summed E-state index contributed by atoms with van der Waals surface area (Å²) in [7, 11) is 0. The van der Waals surface area contributed by atoms with Gasteiger partial charge in [-0.25, -0.2) is 4.79 Å². The summed E-state index contributed by atoms with van der Waals surface area (Å²) < 4.78 is 4.91. The molecule has 1 aliphatic rings. The molecule has 0 aliphatic carbocycles. The number of nitrogens with one attached hydrogen (secondary N) is 2. The fourth-order valence-electron chi connectivity index (χ4n) is 3.18. The third-order valence-corrected chi connectivity index (χ3v) is 4.45. The summed E-state index contributed by atoms with van der Waals surface area (Å²) in [6.07, 6.45) is -0.304. The summed E-state index contributed by atoms with van der Waals surface area (Å²) in [5, 5.41) is 2.82. The van der Waals surface area contributed by atoms with E-state index in [9.17, 15) is 14.4 Å². The van der Waals surface area contributed by atoms with Crippen molar-refractivity contribution >= 4 is 23.5 Å². The third kappa shape index (κ3) is 3.46. The number of aromatic amines is 1. The molecule has 0 unspecified atom stereocenters. The first-order valence-corrected chi connectivity index (χ1v) is 8.39. The number of aryl methyl sites for hydroxylation is 1. The molecule has 3 rings (SSSR count). The van der Waals surface area contributed by atoms with Gasteiger partial charge in [-0.1, -0.05) is 12.1 Å². The van der Waals surface area contributed by atoms with Crippen LogP contribution in [0.4, 0.5) is 10.5 Å². The summed E-state index contributed by atoms with van der Waals surface area (Å²) in [6, 6.07) is 7.28. The maximum absolute atomic E-state index is 12.5. The number of H-pyrrole nitrogens is 1. The molecule has 7 nitrogen and oxygen atoms in total. The molecule has 1 aromatic heterocycles. The SMILES string of the molecule is CC(=O)c1c(C)[nH]c(C(=O)Nc2ccc(CN3CCOC3=O)cc2)c1C. The first-order chi connectivity index (χ1) is 12.4. The molecule has 2 heterocycles. The highest BCUT2D eigenvalue weighted by Crippen LogP contribution is 2.20. The molecule has 0 bridgehead atoms. The molecule has 2 N–H and O–H groups in total. The van der Waals surface area contributed by atoms with Gasteiger partial charge in [-0.2, -0.15) is 0 Å². The van der Waals surface area contributed by atoms with Crippen LogP contribution in [0.3, 0.4) is 0 Å². The van der Waals surface area contributed by atoms with Crippen LogP contribution in [0.1, 0.15) is 44.6 Å². The average molecular weight is 355 g/mol. The zero-order valence-corrected chi connectivity index (χ0v) is 15.0. The monoisotopic (exact) mass is 355 g/mol. The number of benzene rings is 1. The summed E-state index contributed by atoms with van der Waals surface area (Å²) >= 11 is 0. The Bertz CT molecular complexity index is 868. The van der Waals surface area contributed by atoms with Gasteiger partial charge >= 0.3 is 6.09 Å². The Labute approximate surface area is 151 Å². The highest BCUT2D eigenvalue weighted by atomic mass is 16.6. The number of carbonyl (C=O) groups is 3. The highest BCUT2D eigenvalue weighted by Gasteiger charge is 2.22. The quantitative estimate of drug-likeness (QED) is 0.807. The number of cyclic esters (lactones) is 1. The molecule has 1 saturated heterocycles. The lowest BCUT2D eigenvalue weighted by atomic mass is 10.1. The Morgan fingerprint density at radius 3 is 2.46 bits per heavy atom. The van der Waals surface area contributed by atoms with Gasteiger partial charge in [0.2, 0.25) is 0 Å². The Morgan fingerprint density at radius 1 is 1.23 bits per heavy atom. The predicted molar refractivity (Wildman–Crippen MR) is 96.4 cm³/mol. The molecule has 2 aromatic rings. The van der Waals surface area contributed by atoms with Crippen LogP contribution in [0.2, 0.25) is 0 Å². The van der Waals surface area contributed by atoms with Crippen LogP contribution < -0.4 is 5.32 Å². The summed E-state index contributed by atoms with van der Waals surface area (Å²) in [6.45, 7) is 6.50. The first-order valence-electron chi connectivity index (χ1n) is 8.39. The molecular weight excluding hydrogens is 334 g/mol.